The van der Waals surface area contributed by atoms with Crippen molar-refractivity contribution in [3.05, 3.63) is 42.0 Å². The highest BCUT2D eigenvalue weighted by molar-refractivity contribution is 5.28. The highest BCUT2D eigenvalue weighted by Crippen LogP contribution is 2.18. The monoisotopic (exact) mass is 288 g/mol. The molecular weight excluding hydrogens is 264 g/mol. The fraction of sp³-hybridized carbons (Fsp3) is 0.500. The first-order valence-corrected chi connectivity index (χ1v) is 7.57. The van der Waals surface area contributed by atoms with Crippen molar-refractivity contribution >= 4 is 0 Å². The van der Waals surface area contributed by atoms with Gasteiger partial charge in [0, 0.05) is 12.6 Å². The van der Waals surface area contributed by atoms with Crippen LogP contribution in [-0.2, 0) is 13.1 Å². The molecule has 1 unspecified atom stereocenters. The first-order valence-electron chi connectivity index (χ1n) is 7.57. The second-order valence-corrected chi connectivity index (χ2v) is 5.05. The van der Waals surface area contributed by atoms with Crippen molar-refractivity contribution in [1.29, 1.82) is 0 Å². The number of aromatic nitrogens is 3. The lowest BCUT2D eigenvalue weighted by atomic mass is 10.1. The molecule has 0 bridgehead atoms. The molecule has 5 nitrogen and oxygen atoms in total. The molecule has 21 heavy (non-hydrogen) atoms. The van der Waals surface area contributed by atoms with Crippen molar-refractivity contribution in [3.8, 4) is 5.75 Å². The van der Waals surface area contributed by atoms with E-state index in [1.54, 1.807) is 6.33 Å². The molecule has 0 radical (unpaired) electrons. The van der Waals surface area contributed by atoms with Crippen LogP contribution in [0.25, 0.3) is 0 Å². The minimum atomic E-state index is 0.257. The predicted molar refractivity (Wildman–Crippen MR) is 83.2 cm³/mol. The number of benzene rings is 1. The SMILES string of the molecule is CCCOc1ccc(C(C)NCc2nncn2CC)cc1. The van der Waals surface area contributed by atoms with Gasteiger partial charge in [-0.15, -0.1) is 10.2 Å². The molecule has 0 aliphatic rings. The van der Waals surface area contributed by atoms with Gasteiger partial charge in [-0.3, -0.25) is 0 Å². The average molecular weight is 288 g/mol. The Morgan fingerprint density at radius 1 is 1.24 bits per heavy atom. The lowest BCUT2D eigenvalue weighted by Gasteiger charge is -2.15. The van der Waals surface area contributed by atoms with Crippen LogP contribution < -0.4 is 10.1 Å². The van der Waals surface area contributed by atoms with Crippen molar-refractivity contribution in [1.82, 2.24) is 20.1 Å². The molecule has 2 aromatic rings. The second-order valence-electron chi connectivity index (χ2n) is 5.05. The van der Waals surface area contributed by atoms with E-state index >= 15 is 0 Å². The predicted octanol–water partition coefficient (Wildman–Crippen LogP) is 2.94. The van der Waals surface area contributed by atoms with Crippen LogP contribution in [0.4, 0.5) is 0 Å². The topological polar surface area (TPSA) is 52.0 Å². The maximum Gasteiger partial charge on any atom is 0.146 e. The fourth-order valence-corrected chi connectivity index (χ4v) is 2.11. The summed E-state index contributed by atoms with van der Waals surface area (Å²) in [5.41, 5.74) is 1.24. The third-order valence-corrected chi connectivity index (χ3v) is 3.46. The van der Waals surface area contributed by atoms with Crippen LogP contribution in [0.1, 0.15) is 44.6 Å². The van der Waals surface area contributed by atoms with Gasteiger partial charge in [-0.25, -0.2) is 0 Å². The Kier molecular flexibility index (Phi) is 5.75. The van der Waals surface area contributed by atoms with Crippen LogP contribution in [0.2, 0.25) is 0 Å². The lowest BCUT2D eigenvalue weighted by Crippen LogP contribution is -2.20. The molecule has 2 rings (SSSR count). The van der Waals surface area contributed by atoms with Crippen LogP contribution in [0.5, 0.6) is 5.75 Å². The Hall–Kier alpha value is -1.88. The molecule has 0 aliphatic heterocycles. The number of nitrogens with one attached hydrogen (secondary N) is 1. The Balaban J connectivity index is 1.89. The summed E-state index contributed by atoms with van der Waals surface area (Å²) in [5.74, 6) is 1.89. The van der Waals surface area contributed by atoms with E-state index in [4.69, 9.17) is 4.74 Å². The van der Waals surface area contributed by atoms with Gasteiger partial charge < -0.3 is 14.6 Å². The van der Waals surface area contributed by atoms with E-state index in [0.717, 1.165) is 31.1 Å². The number of nitrogens with zero attached hydrogens (tertiary/aromatic N) is 3. The number of hydrogen-bond donors (Lipinski definition) is 1. The van der Waals surface area contributed by atoms with Gasteiger partial charge in [0.05, 0.1) is 13.2 Å². The quantitative estimate of drug-likeness (QED) is 0.811. The van der Waals surface area contributed by atoms with Gasteiger partial charge in [-0.1, -0.05) is 19.1 Å². The van der Waals surface area contributed by atoms with E-state index in [1.807, 2.05) is 16.7 Å². The Bertz CT molecular complexity index is 535. The molecule has 0 fully saturated rings. The number of ether oxygens (including phenoxy) is 1. The molecule has 0 aliphatic carbocycles. The normalized spacial score (nSPS) is 12.3. The molecule has 1 aromatic heterocycles. The minimum absolute atomic E-state index is 0.257. The van der Waals surface area contributed by atoms with E-state index in [9.17, 15) is 0 Å². The first-order chi connectivity index (χ1) is 10.2. The summed E-state index contributed by atoms with van der Waals surface area (Å²) in [7, 11) is 0. The standard InChI is InChI=1S/C16H24N4O/c1-4-10-21-15-8-6-14(7-9-15)13(3)17-11-16-19-18-12-20(16)5-2/h6-9,12-13,17H,4-5,10-11H2,1-3H3. The van der Waals surface area contributed by atoms with Crippen LogP contribution in [-0.4, -0.2) is 21.4 Å². The largest absolute Gasteiger partial charge is 0.494 e. The second kappa shape index (κ2) is 7.78. The lowest BCUT2D eigenvalue weighted by molar-refractivity contribution is 0.317. The van der Waals surface area contributed by atoms with Crippen molar-refractivity contribution in [3.63, 3.8) is 0 Å². The smallest absolute Gasteiger partial charge is 0.146 e. The molecule has 0 spiro atoms. The first kappa shape index (κ1) is 15.5. The third-order valence-electron chi connectivity index (χ3n) is 3.46. The molecule has 114 valence electrons. The Morgan fingerprint density at radius 3 is 2.67 bits per heavy atom. The number of hydrogen-bond acceptors (Lipinski definition) is 4. The van der Waals surface area contributed by atoms with E-state index in [2.05, 4.69) is 48.4 Å². The third kappa shape index (κ3) is 4.29. The van der Waals surface area contributed by atoms with Gasteiger partial charge in [0.1, 0.15) is 17.9 Å². The maximum absolute atomic E-state index is 5.60. The van der Waals surface area contributed by atoms with Crippen LogP contribution in [0.3, 0.4) is 0 Å². The van der Waals surface area contributed by atoms with Gasteiger partial charge in [0.25, 0.3) is 0 Å². The molecule has 1 N–H and O–H groups in total. The van der Waals surface area contributed by atoms with Crippen LogP contribution in [0.15, 0.2) is 30.6 Å². The number of rotatable bonds is 8. The fourth-order valence-electron chi connectivity index (χ4n) is 2.11. The molecule has 1 aromatic carbocycles. The van der Waals surface area contributed by atoms with E-state index in [-0.39, 0.29) is 6.04 Å². The van der Waals surface area contributed by atoms with Crippen molar-refractivity contribution in [2.45, 2.75) is 46.3 Å². The Labute approximate surface area is 126 Å². The van der Waals surface area contributed by atoms with Crippen molar-refractivity contribution in [2.75, 3.05) is 6.61 Å². The van der Waals surface area contributed by atoms with Crippen molar-refractivity contribution in [2.24, 2.45) is 0 Å². The summed E-state index contributed by atoms with van der Waals surface area (Å²) >= 11 is 0. The zero-order valence-electron chi connectivity index (χ0n) is 13.0. The van der Waals surface area contributed by atoms with Gasteiger partial charge in [0.2, 0.25) is 0 Å². The highest BCUT2D eigenvalue weighted by atomic mass is 16.5. The molecule has 0 saturated heterocycles. The summed E-state index contributed by atoms with van der Waals surface area (Å²) in [6.45, 7) is 8.71. The summed E-state index contributed by atoms with van der Waals surface area (Å²) in [4.78, 5) is 0. The number of aryl methyl sites for hydroxylation is 1. The Morgan fingerprint density at radius 2 is 2.00 bits per heavy atom. The van der Waals surface area contributed by atoms with E-state index in [1.165, 1.54) is 5.56 Å². The van der Waals surface area contributed by atoms with Gasteiger partial charge in [-0.2, -0.15) is 0 Å². The molecule has 0 saturated carbocycles. The molecular formula is C16H24N4O. The van der Waals surface area contributed by atoms with Crippen LogP contribution >= 0.6 is 0 Å². The summed E-state index contributed by atoms with van der Waals surface area (Å²) in [5, 5.41) is 11.5. The summed E-state index contributed by atoms with van der Waals surface area (Å²) in [6.07, 6.45) is 2.79. The van der Waals surface area contributed by atoms with Crippen molar-refractivity contribution < 1.29 is 4.74 Å². The van der Waals surface area contributed by atoms with E-state index < -0.39 is 0 Å². The molecule has 5 heteroatoms. The highest BCUT2D eigenvalue weighted by Gasteiger charge is 2.08. The molecule has 0 amide bonds. The summed E-state index contributed by atoms with van der Waals surface area (Å²) in [6, 6.07) is 8.52. The zero-order valence-corrected chi connectivity index (χ0v) is 13.0. The average Bonchev–Trinajstić information content (AvgIpc) is 2.98. The van der Waals surface area contributed by atoms with Gasteiger partial charge in [-0.05, 0) is 38.0 Å². The van der Waals surface area contributed by atoms with Gasteiger partial charge >= 0.3 is 0 Å². The van der Waals surface area contributed by atoms with Gasteiger partial charge in [0.15, 0.2) is 0 Å². The van der Waals surface area contributed by atoms with Crippen LogP contribution in [0, 0.1) is 0 Å². The van der Waals surface area contributed by atoms with E-state index in [0.29, 0.717) is 6.54 Å². The summed E-state index contributed by atoms with van der Waals surface area (Å²) < 4.78 is 7.64. The zero-order chi connectivity index (χ0) is 15.1. The molecule has 1 atom stereocenters. The minimum Gasteiger partial charge on any atom is -0.494 e. The molecule has 1 heterocycles. The maximum atomic E-state index is 5.60.